The zero-order valence-corrected chi connectivity index (χ0v) is 11.6. The molecule has 1 atom stereocenters. The third-order valence-corrected chi connectivity index (χ3v) is 4.79. The highest BCUT2D eigenvalue weighted by atomic mass is 14.5. The maximum Gasteiger partial charge on any atom is -0.0320 e. The van der Waals surface area contributed by atoms with Gasteiger partial charge in [-0.3, -0.25) is 0 Å². The highest BCUT2D eigenvalue weighted by Crippen LogP contribution is 2.51. The lowest BCUT2D eigenvalue weighted by Crippen LogP contribution is -2.37. The molecule has 1 rings (SSSR count). The molecule has 0 aromatic rings. The van der Waals surface area contributed by atoms with E-state index in [2.05, 4.69) is 41.5 Å². The fraction of sp³-hybridized carbons (Fsp3) is 1.00. The minimum atomic E-state index is 0.693. The summed E-state index contributed by atoms with van der Waals surface area (Å²) in [5, 5.41) is 0. The Morgan fingerprint density at radius 2 is 1.60 bits per heavy atom. The van der Waals surface area contributed by atoms with Crippen molar-refractivity contribution in [2.24, 2.45) is 29.1 Å². The van der Waals surface area contributed by atoms with E-state index < -0.39 is 0 Å². The van der Waals surface area contributed by atoms with Crippen molar-refractivity contribution in [1.29, 1.82) is 0 Å². The fourth-order valence-corrected chi connectivity index (χ4v) is 2.79. The second kappa shape index (κ2) is 4.89. The molecule has 1 saturated carbocycles. The van der Waals surface area contributed by atoms with E-state index in [0.717, 1.165) is 23.7 Å². The van der Waals surface area contributed by atoms with Gasteiger partial charge in [-0.25, -0.2) is 0 Å². The molecule has 1 aliphatic rings. The van der Waals surface area contributed by atoms with Crippen molar-refractivity contribution in [2.45, 2.75) is 67.2 Å². The van der Waals surface area contributed by atoms with Crippen LogP contribution in [0.2, 0.25) is 0 Å². The minimum Gasteiger partial charge on any atom is -0.0625 e. The molecule has 0 aliphatic heterocycles. The molecule has 1 aliphatic carbocycles. The van der Waals surface area contributed by atoms with Gasteiger partial charge in [0.15, 0.2) is 0 Å². The lowest BCUT2D eigenvalue weighted by molar-refractivity contribution is 0.0281. The van der Waals surface area contributed by atoms with Gasteiger partial charge < -0.3 is 0 Å². The van der Waals surface area contributed by atoms with Crippen LogP contribution in [-0.2, 0) is 0 Å². The molecule has 0 nitrogen and oxygen atoms in total. The minimum absolute atomic E-state index is 0.693. The van der Waals surface area contributed by atoms with E-state index in [-0.39, 0.29) is 0 Å². The van der Waals surface area contributed by atoms with Gasteiger partial charge in [0.2, 0.25) is 0 Å². The Morgan fingerprint density at radius 3 is 2.00 bits per heavy atom. The first-order valence-electron chi connectivity index (χ1n) is 6.84. The van der Waals surface area contributed by atoms with Crippen LogP contribution in [0, 0.1) is 29.1 Å². The van der Waals surface area contributed by atoms with E-state index >= 15 is 0 Å². The normalized spacial score (nSPS) is 33.2. The number of rotatable bonds is 5. The van der Waals surface area contributed by atoms with Crippen molar-refractivity contribution in [2.75, 3.05) is 0 Å². The summed E-state index contributed by atoms with van der Waals surface area (Å²) in [6.45, 7) is 14.4. The zero-order valence-electron chi connectivity index (χ0n) is 11.6. The molecule has 0 heteroatoms. The van der Waals surface area contributed by atoms with E-state index in [0.29, 0.717) is 5.41 Å². The summed E-state index contributed by atoms with van der Waals surface area (Å²) in [4.78, 5) is 0. The first kappa shape index (κ1) is 13.1. The molecule has 0 spiro atoms. The molecule has 90 valence electrons. The molecule has 15 heavy (non-hydrogen) atoms. The van der Waals surface area contributed by atoms with Gasteiger partial charge in [0.05, 0.1) is 0 Å². The Hall–Kier alpha value is 0. The lowest BCUT2D eigenvalue weighted by Gasteiger charge is -2.48. The predicted molar refractivity (Wildman–Crippen MR) is 68.9 cm³/mol. The first-order chi connectivity index (χ1) is 6.84. The van der Waals surface area contributed by atoms with E-state index in [1.165, 1.54) is 25.7 Å². The maximum atomic E-state index is 2.50. The van der Waals surface area contributed by atoms with Crippen LogP contribution in [0.15, 0.2) is 0 Å². The number of hydrogen-bond donors (Lipinski definition) is 0. The molecule has 0 amide bonds. The van der Waals surface area contributed by atoms with Crippen LogP contribution >= 0.6 is 0 Å². The van der Waals surface area contributed by atoms with Crippen LogP contribution in [0.4, 0.5) is 0 Å². The predicted octanol–water partition coefficient (Wildman–Crippen LogP) is 5.13. The van der Waals surface area contributed by atoms with Crippen molar-refractivity contribution in [3.05, 3.63) is 0 Å². The van der Waals surface area contributed by atoms with Crippen LogP contribution in [0.5, 0.6) is 0 Å². The Labute approximate surface area is 96.8 Å². The van der Waals surface area contributed by atoms with Crippen LogP contribution in [0.1, 0.15) is 67.2 Å². The van der Waals surface area contributed by atoms with Gasteiger partial charge in [0, 0.05) is 0 Å². The van der Waals surface area contributed by atoms with Crippen molar-refractivity contribution in [3.8, 4) is 0 Å². The molecule has 0 aromatic heterocycles. The summed E-state index contributed by atoms with van der Waals surface area (Å²) in [7, 11) is 0. The van der Waals surface area contributed by atoms with Crippen LogP contribution in [0.3, 0.4) is 0 Å². The monoisotopic (exact) mass is 210 g/mol. The Morgan fingerprint density at radius 1 is 1.07 bits per heavy atom. The maximum absolute atomic E-state index is 2.50. The standard InChI is InChI=1S/C15H30/c1-11(2)13(5)7-8-15(6)9-14(10-15)12(3)4/h11-14H,7-10H2,1-6H3. The van der Waals surface area contributed by atoms with Crippen LogP contribution in [-0.4, -0.2) is 0 Å². The van der Waals surface area contributed by atoms with E-state index in [1.54, 1.807) is 0 Å². The van der Waals surface area contributed by atoms with Gasteiger partial charge in [0.1, 0.15) is 0 Å². The fourth-order valence-electron chi connectivity index (χ4n) is 2.79. The second-order valence-electron chi connectivity index (χ2n) is 6.98. The topological polar surface area (TPSA) is 0 Å². The van der Waals surface area contributed by atoms with Gasteiger partial charge in [-0.2, -0.15) is 0 Å². The molecular weight excluding hydrogens is 180 g/mol. The molecule has 0 bridgehead atoms. The third kappa shape index (κ3) is 3.50. The molecule has 1 fully saturated rings. The van der Waals surface area contributed by atoms with Gasteiger partial charge in [0.25, 0.3) is 0 Å². The quantitative estimate of drug-likeness (QED) is 0.590. The molecule has 0 radical (unpaired) electrons. The van der Waals surface area contributed by atoms with E-state index in [9.17, 15) is 0 Å². The van der Waals surface area contributed by atoms with Gasteiger partial charge in [-0.1, -0.05) is 41.5 Å². The molecule has 0 N–H and O–H groups in total. The SMILES string of the molecule is CC(C)C(C)CCC1(C)CC(C(C)C)C1. The van der Waals surface area contributed by atoms with E-state index in [4.69, 9.17) is 0 Å². The Kier molecular flexibility index (Phi) is 4.26. The summed E-state index contributed by atoms with van der Waals surface area (Å²) in [6.07, 6.45) is 5.85. The van der Waals surface area contributed by atoms with Gasteiger partial charge in [-0.15, -0.1) is 0 Å². The number of hydrogen-bond acceptors (Lipinski definition) is 0. The highest BCUT2D eigenvalue weighted by Gasteiger charge is 2.40. The third-order valence-electron chi connectivity index (χ3n) is 4.79. The Balaban J connectivity index is 2.23. The molecular formula is C15H30. The first-order valence-corrected chi connectivity index (χ1v) is 6.84. The zero-order chi connectivity index (χ0) is 11.6. The smallest absolute Gasteiger partial charge is 0.0320 e. The van der Waals surface area contributed by atoms with Crippen molar-refractivity contribution < 1.29 is 0 Å². The van der Waals surface area contributed by atoms with Crippen molar-refractivity contribution in [1.82, 2.24) is 0 Å². The summed E-state index contributed by atoms with van der Waals surface area (Å²) >= 11 is 0. The van der Waals surface area contributed by atoms with Crippen LogP contribution in [0.25, 0.3) is 0 Å². The summed E-state index contributed by atoms with van der Waals surface area (Å²) in [5.74, 6) is 3.68. The second-order valence-corrected chi connectivity index (χ2v) is 6.98. The van der Waals surface area contributed by atoms with Gasteiger partial charge in [-0.05, 0) is 54.8 Å². The highest BCUT2D eigenvalue weighted by molar-refractivity contribution is 4.91. The van der Waals surface area contributed by atoms with Gasteiger partial charge >= 0.3 is 0 Å². The van der Waals surface area contributed by atoms with Crippen molar-refractivity contribution >= 4 is 0 Å². The molecule has 0 saturated heterocycles. The van der Waals surface area contributed by atoms with Crippen molar-refractivity contribution in [3.63, 3.8) is 0 Å². The Bertz CT molecular complexity index is 184. The molecule has 1 unspecified atom stereocenters. The lowest BCUT2D eigenvalue weighted by atomic mass is 9.57. The summed E-state index contributed by atoms with van der Waals surface area (Å²) in [6, 6.07) is 0. The largest absolute Gasteiger partial charge is 0.0625 e. The molecule has 0 aromatic carbocycles. The average Bonchev–Trinajstić information content (AvgIpc) is 2.09. The summed E-state index contributed by atoms with van der Waals surface area (Å²) < 4.78 is 0. The summed E-state index contributed by atoms with van der Waals surface area (Å²) in [5.41, 5.74) is 0.693. The molecule has 0 heterocycles. The van der Waals surface area contributed by atoms with Crippen LogP contribution < -0.4 is 0 Å². The average molecular weight is 210 g/mol. The van der Waals surface area contributed by atoms with E-state index in [1.807, 2.05) is 0 Å².